The van der Waals surface area contributed by atoms with Crippen LogP contribution >= 0.6 is 11.8 Å². The van der Waals surface area contributed by atoms with Gasteiger partial charge in [0.2, 0.25) is 0 Å². The molecule has 2 aromatic rings. The van der Waals surface area contributed by atoms with Gasteiger partial charge >= 0.3 is 0 Å². The van der Waals surface area contributed by atoms with Gasteiger partial charge in [-0.15, -0.1) is 11.8 Å². The predicted octanol–water partition coefficient (Wildman–Crippen LogP) is 3.08. The SMILES string of the molecule is Oc1ccc(SCc2ccncc2)cc1. The minimum absolute atomic E-state index is 0.309. The van der Waals surface area contributed by atoms with Crippen LogP contribution in [0.15, 0.2) is 53.7 Å². The largest absolute Gasteiger partial charge is 0.508 e. The third-order valence-corrected chi connectivity index (χ3v) is 3.07. The van der Waals surface area contributed by atoms with Gasteiger partial charge in [0.25, 0.3) is 0 Å². The molecule has 1 N–H and O–H groups in total. The summed E-state index contributed by atoms with van der Waals surface area (Å²) in [6.07, 6.45) is 3.60. The van der Waals surface area contributed by atoms with Crippen LogP contribution in [0, 0.1) is 0 Å². The van der Waals surface area contributed by atoms with E-state index in [1.54, 1.807) is 36.3 Å². The third kappa shape index (κ3) is 2.99. The van der Waals surface area contributed by atoms with Crippen molar-refractivity contribution in [3.8, 4) is 5.75 Å². The summed E-state index contributed by atoms with van der Waals surface area (Å²) in [6, 6.07) is 11.3. The van der Waals surface area contributed by atoms with Crippen molar-refractivity contribution in [3.05, 3.63) is 54.4 Å². The lowest BCUT2D eigenvalue weighted by molar-refractivity contribution is 0.475. The van der Waals surface area contributed by atoms with Crippen LogP contribution in [0.2, 0.25) is 0 Å². The normalized spacial score (nSPS) is 10.1. The highest BCUT2D eigenvalue weighted by Crippen LogP contribution is 2.23. The first-order valence-electron chi connectivity index (χ1n) is 4.65. The van der Waals surface area contributed by atoms with Gasteiger partial charge in [-0.3, -0.25) is 4.98 Å². The number of phenolic OH excluding ortho intramolecular Hbond substituents is 1. The molecule has 3 heteroatoms. The minimum atomic E-state index is 0.309. The number of phenols is 1. The maximum atomic E-state index is 9.12. The van der Waals surface area contributed by atoms with E-state index in [0.717, 1.165) is 10.6 Å². The second-order valence-electron chi connectivity index (χ2n) is 3.14. The van der Waals surface area contributed by atoms with Gasteiger partial charge in [-0.2, -0.15) is 0 Å². The molecule has 0 spiro atoms. The summed E-state index contributed by atoms with van der Waals surface area (Å²) in [6.45, 7) is 0. The molecule has 76 valence electrons. The average Bonchev–Trinajstić information content (AvgIpc) is 2.30. The van der Waals surface area contributed by atoms with Gasteiger partial charge in [-0.25, -0.2) is 0 Å². The number of benzene rings is 1. The Balaban J connectivity index is 1.96. The van der Waals surface area contributed by atoms with E-state index in [4.69, 9.17) is 5.11 Å². The molecule has 1 aromatic heterocycles. The molecule has 0 saturated carbocycles. The van der Waals surface area contributed by atoms with Crippen molar-refractivity contribution in [2.75, 3.05) is 0 Å². The average molecular weight is 217 g/mol. The number of aromatic hydroxyl groups is 1. The first-order chi connectivity index (χ1) is 7.34. The summed E-state index contributed by atoms with van der Waals surface area (Å²) in [4.78, 5) is 5.13. The number of hydrogen-bond donors (Lipinski definition) is 1. The van der Waals surface area contributed by atoms with Gasteiger partial charge in [-0.1, -0.05) is 0 Å². The quantitative estimate of drug-likeness (QED) is 0.802. The molecule has 0 radical (unpaired) electrons. The molecule has 2 nitrogen and oxygen atoms in total. The van der Waals surface area contributed by atoms with Crippen LogP contribution < -0.4 is 0 Å². The van der Waals surface area contributed by atoms with Gasteiger partial charge in [0, 0.05) is 23.0 Å². The lowest BCUT2D eigenvalue weighted by Crippen LogP contribution is -1.80. The first kappa shape index (κ1) is 10.1. The number of rotatable bonds is 3. The van der Waals surface area contributed by atoms with E-state index in [1.807, 2.05) is 24.3 Å². The lowest BCUT2D eigenvalue weighted by atomic mass is 10.3. The standard InChI is InChI=1S/C12H11NOS/c14-11-1-3-12(4-2-11)15-9-10-5-7-13-8-6-10/h1-8,14H,9H2. The Labute approximate surface area is 93.0 Å². The molecule has 0 fully saturated rings. The van der Waals surface area contributed by atoms with Crippen LogP contribution in [0.3, 0.4) is 0 Å². The van der Waals surface area contributed by atoms with Crippen LogP contribution in [-0.2, 0) is 5.75 Å². The summed E-state index contributed by atoms with van der Waals surface area (Å²) in [5.74, 6) is 1.23. The van der Waals surface area contributed by atoms with E-state index in [2.05, 4.69) is 4.98 Å². The van der Waals surface area contributed by atoms with Crippen LogP contribution in [0.25, 0.3) is 0 Å². The summed E-state index contributed by atoms with van der Waals surface area (Å²) in [7, 11) is 0. The molecule has 1 heterocycles. The Morgan fingerprint density at radius 3 is 2.33 bits per heavy atom. The van der Waals surface area contributed by atoms with E-state index in [9.17, 15) is 0 Å². The summed E-state index contributed by atoms with van der Waals surface area (Å²) < 4.78 is 0. The molecule has 0 bridgehead atoms. The predicted molar refractivity (Wildman–Crippen MR) is 61.9 cm³/mol. The zero-order chi connectivity index (χ0) is 10.5. The topological polar surface area (TPSA) is 33.1 Å². The number of pyridine rings is 1. The van der Waals surface area contributed by atoms with Crippen molar-refractivity contribution < 1.29 is 5.11 Å². The van der Waals surface area contributed by atoms with Crippen molar-refractivity contribution in [2.24, 2.45) is 0 Å². The highest BCUT2D eigenvalue weighted by Gasteiger charge is 1.95. The number of thioether (sulfide) groups is 1. The monoisotopic (exact) mass is 217 g/mol. The van der Waals surface area contributed by atoms with Crippen molar-refractivity contribution >= 4 is 11.8 Å². The number of aromatic nitrogens is 1. The third-order valence-electron chi connectivity index (χ3n) is 1.99. The summed E-state index contributed by atoms with van der Waals surface area (Å²) >= 11 is 1.74. The molecule has 0 unspecified atom stereocenters. The molecular weight excluding hydrogens is 206 g/mol. The van der Waals surface area contributed by atoms with Gasteiger partial charge in [0.1, 0.15) is 5.75 Å². The molecule has 1 aromatic carbocycles. The first-order valence-corrected chi connectivity index (χ1v) is 5.64. The van der Waals surface area contributed by atoms with E-state index in [-0.39, 0.29) is 0 Å². The zero-order valence-electron chi connectivity index (χ0n) is 8.13. The fourth-order valence-electron chi connectivity index (χ4n) is 1.19. The van der Waals surface area contributed by atoms with Crippen LogP contribution in [-0.4, -0.2) is 10.1 Å². The zero-order valence-corrected chi connectivity index (χ0v) is 8.95. The Hall–Kier alpha value is -1.48. The van der Waals surface area contributed by atoms with Gasteiger partial charge < -0.3 is 5.11 Å². The van der Waals surface area contributed by atoms with Crippen LogP contribution in [0.5, 0.6) is 5.75 Å². The Kier molecular flexibility index (Phi) is 3.25. The maximum Gasteiger partial charge on any atom is 0.115 e. The molecule has 0 aliphatic heterocycles. The van der Waals surface area contributed by atoms with Crippen molar-refractivity contribution in [3.63, 3.8) is 0 Å². The fourth-order valence-corrected chi connectivity index (χ4v) is 2.04. The smallest absolute Gasteiger partial charge is 0.115 e. The van der Waals surface area contributed by atoms with Crippen molar-refractivity contribution in [2.45, 2.75) is 10.6 Å². The van der Waals surface area contributed by atoms with Crippen LogP contribution in [0.1, 0.15) is 5.56 Å². The second-order valence-corrected chi connectivity index (χ2v) is 4.19. The molecule has 2 rings (SSSR count). The summed E-state index contributed by atoms with van der Waals surface area (Å²) in [5.41, 5.74) is 1.25. The molecule has 0 aliphatic rings. The van der Waals surface area contributed by atoms with Crippen LogP contribution in [0.4, 0.5) is 0 Å². The Morgan fingerprint density at radius 1 is 1.00 bits per heavy atom. The number of nitrogens with zero attached hydrogens (tertiary/aromatic N) is 1. The highest BCUT2D eigenvalue weighted by molar-refractivity contribution is 7.98. The highest BCUT2D eigenvalue weighted by atomic mass is 32.2. The van der Waals surface area contributed by atoms with E-state index >= 15 is 0 Å². The Bertz CT molecular complexity index is 413. The molecule has 0 saturated heterocycles. The molecule has 15 heavy (non-hydrogen) atoms. The van der Waals surface area contributed by atoms with E-state index in [1.165, 1.54) is 5.56 Å². The number of hydrogen-bond acceptors (Lipinski definition) is 3. The fraction of sp³-hybridized carbons (Fsp3) is 0.0833. The van der Waals surface area contributed by atoms with Gasteiger partial charge in [-0.05, 0) is 42.0 Å². The summed E-state index contributed by atoms with van der Waals surface area (Å²) in [5, 5.41) is 9.12. The minimum Gasteiger partial charge on any atom is -0.508 e. The molecular formula is C12H11NOS. The Morgan fingerprint density at radius 2 is 1.67 bits per heavy atom. The molecule has 0 atom stereocenters. The van der Waals surface area contributed by atoms with Crippen molar-refractivity contribution in [1.82, 2.24) is 4.98 Å². The van der Waals surface area contributed by atoms with E-state index in [0.29, 0.717) is 5.75 Å². The molecule has 0 amide bonds. The maximum absolute atomic E-state index is 9.12. The molecule has 0 aliphatic carbocycles. The van der Waals surface area contributed by atoms with Gasteiger partial charge in [0.05, 0.1) is 0 Å². The van der Waals surface area contributed by atoms with Gasteiger partial charge in [0.15, 0.2) is 0 Å². The lowest BCUT2D eigenvalue weighted by Gasteiger charge is -2.01. The van der Waals surface area contributed by atoms with Crippen molar-refractivity contribution in [1.29, 1.82) is 0 Å². The second kappa shape index (κ2) is 4.84. The van der Waals surface area contributed by atoms with E-state index < -0.39 is 0 Å².